The van der Waals surface area contributed by atoms with Crippen molar-refractivity contribution in [3.63, 3.8) is 0 Å². The Balaban J connectivity index is 0.000000342. The molecule has 108 valence electrons. The number of aliphatic hydroxyl groups is 4. The first-order valence-electron chi connectivity index (χ1n) is 4.91. The molecule has 19 heavy (non-hydrogen) atoms. The number of halogens is 1. The van der Waals surface area contributed by atoms with E-state index in [9.17, 15) is 18.8 Å². The van der Waals surface area contributed by atoms with Crippen molar-refractivity contribution in [1.82, 2.24) is 9.97 Å². The Bertz CT molecular complexity index is 500. The summed E-state index contributed by atoms with van der Waals surface area (Å²) in [7, 11) is 0. The van der Waals surface area contributed by atoms with E-state index in [1.165, 1.54) is 0 Å². The first kappa shape index (κ1) is 17.1. The third-order valence-corrected chi connectivity index (χ3v) is 1.84. The molecule has 0 radical (unpaired) electrons. The van der Waals surface area contributed by atoms with Gasteiger partial charge in [-0.2, -0.15) is 4.39 Å². The summed E-state index contributed by atoms with van der Waals surface area (Å²) in [5, 5.41) is 34.1. The molecule has 10 heteroatoms. The van der Waals surface area contributed by atoms with Gasteiger partial charge in [-0.1, -0.05) is 0 Å². The minimum absolute atomic E-state index is 0.0869. The van der Waals surface area contributed by atoms with Crippen LogP contribution >= 0.6 is 0 Å². The van der Waals surface area contributed by atoms with E-state index in [1.807, 2.05) is 4.98 Å². The number of hydrogen-bond acceptors (Lipinski definition) is 7. The zero-order valence-electron chi connectivity index (χ0n) is 9.49. The fraction of sp³-hybridized carbons (Fsp3) is 0.444. The zero-order chi connectivity index (χ0) is 15.0. The van der Waals surface area contributed by atoms with Gasteiger partial charge in [0.05, 0.1) is 6.61 Å². The van der Waals surface area contributed by atoms with Crippen LogP contribution in [0.3, 0.4) is 0 Å². The summed E-state index contributed by atoms with van der Waals surface area (Å²) in [5.74, 6) is -0.991. The predicted molar refractivity (Wildman–Crippen MR) is 58.8 cm³/mol. The fourth-order valence-corrected chi connectivity index (χ4v) is 0.809. The molecule has 0 aromatic carbocycles. The zero-order valence-corrected chi connectivity index (χ0v) is 9.49. The molecule has 0 fully saturated rings. The summed E-state index contributed by atoms with van der Waals surface area (Å²) < 4.78 is 12.0. The highest BCUT2D eigenvalue weighted by Gasteiger charge is 2.22. The molecule has 0 saturated carbocycles. The van der Waals surface area contributed by atoms with Gasteiger partial charge in [-0.15, -0.1) is 0 Å². The van der Waals surface area contributed by atoms with Gasteiger partial charge in [0.2, 0.25) is 5.82 Å². The molecule has 0 spiro atoms. The largest absolute Gasteiger partial charge is 0.394 e. The standard InChI is InChI=1S/C5H10O5.C4H3FN2O2/c6-1-3(8)5(10)4(9)2-7;5-2-1-6-4(9)7-3(2)8/h1,3-5,7-10H,2H2;1H,(H2,6,7,8,9). The molecule has 0 amide bonds. The molecule has 1 aromatic rings. The molecule has 0 aliphatic heterocycles. The number of carbonyl (C=O) groups excluding carboxylic acids is 1. The number of aromatic amines is 2. The van der Waals surface area contributed by atoms with Crippen molar-refractivity contribution in [2.75, 3.05) is 6.61 Å². The van der Waals surface area contributed by atoms with Crippen LogP contribution in [0.5, 0.6) is 0 Å². The lowest BCUT2D eigenvalue weighted by Gasteiger charge is -2.16. The average Bonchev–Trinajstić information content (AvgIpc) is 2.41. The van der Waals surface area contributed by atoms with E-state index in [2.05, 4.69) is 0 Å². The van der Waals surface area contributed by atoms with Crippen LogP contribution in [-0.2, 0) is 4.79 Å². The highest BCUT2D eigenvalue weighted by Crippen LogP contribution is 1.96. The number of aromatic nitrogens is 2. The molecular weight excluding hydrogens is 267 g/mol. The van der Waals surface area contributed by atoms with Gasteiger partial charge in [-0.05, 0) is 0 Å². The van der Waals surface area contributed by atoms with Crippen molar-refractivity contribution < 1.29 is 29.6 Å². The Labute approximate surface area is 105 Å². The number of H-pyrrole nitrogens is 2. The predicted octanol–water partition coefficient (Wildman–Crippen LogP) is -3.54. The topological polar surface area (TPSA) is 164 Å². The van der Waals surface area contributed by atoms with Gasteiger partial charge in [0.1, 0.15) is 18.3 Å². The Kier molecular flexibility index (Phi) is 7.44. The molecule has 0 aliphatic carbocycles. The molecule has 9 nitrogen and oxygen atoms in total. The lowest BCUT2D eigenvalue weighted by Crippen LogP contribution is -2.40. The minimum atomic E-state index is -1.64. The molecular formula is C9H13FN2O7. The smallest absolute Gasteiger partial charge is 0.325 e. The van der Waals surface area contributed by atoms with Crippen molar-refractivity contribution in [2.24, 2.45) is 0 Å². The van der Waals surface area contributed by atoms with E-state index < -0.39 is 42.0 Å². The third-order valence-electron chi connectivity index (χ3n) is 1.84. The molecule has 0 bridgehead atoms. The van der Waals surface area contributed by atoms with Crippen LogP contribution in [0.25, 0.3) is 0 Å². The van der Waals surface area contributed by atoms with Gasteiger partial charge in [0.15, 0.2) is 6.29 Å². The Hall–Kier alpha value is -1.88. The minimum Gasteiger partial charge on any atom is -0.394 e. The number of hydrogen-bond donors (Lipinski definition) is 6. The van der Waals surface area contributed by atoms with Crippen molar-refractivity contribution in [2.45, 2.75) is 18.3 Å². The summed E-state index contributed by atoms with van der Waals surface area (Å²) in [6, 6.07) is 0. The van der Waals surface area contributed by atoms with E-state index in [-0.39, 0.29) is 6.29 Å². The maximum Gasteiger partial charge on any atom is 0.325 e. The van der Waals surface area contributed by atoms with Crippen LogP contribution < -0.4 is 11.2 Å². The van der Waals surface area contributed by atoms with Crippen LogP contribution in [0.4, 0.5) is 4.39 Å². The van der Waals surface area contributed by atoms with E-state index in [1.54, 1.807) is 4.98 Å². The Morgan fingerprint density at radius 1 is 1.32 bits per heavy atom. The molecule has 1 heterocycles. The first-order chi connectivity index (χ1) is 8.83. The second-order valence-corrected chi connectivity index (χ2v) is 3.29. The van der Waals surface area contributed by atoms with E-state index >= 15 is 0 Å². The monoisotopic (exact) mass is 280 g/mol. The van der Waals surface area contributed by atoms with Gasteiger partial charge in [-0.25, -0.2) is 4.79 Å². The fourth-order valence-electron chi connectivity index (χ4n) is 0.809. The highest BCUT2D eigenvalue weighted by atomic mass is 19.1. The van der Waals surface area contributed by atoms with Gasteiger partial charge in [-0.3, -0.25) is 9.78 Å². The van der Waals surface area contributed by atoms with Crippen molar-refractivity contribution >= 4 is 6.29 Å². The number of nitrogens with one attached hydrogen (secondary N) is 2. The molecule has 1 rings (SSSR count). The van der Waals surface area contributed by atoms with Crippen LogP contribution in [0.2, 0.25) is 0 Å². The SMILES string of the molecule is O=CC(O)C(O)C(O)CO.O=c1[nH]cc(F)c(=O)[nH]1. The molecule has 3 unspecified atom stereocenters. The normalized spacial score (nSPS) is 14.8. The maximum atomic E-state index is 12.0. The van der Waals surface area contributed by atoms with Crippen molar-refractivity contribution in [3.8, 4) is 0 Å². The molecule has 0 saturated heterocycles. The van der Waals surface area contributed by atoms with E-state index in [4.69, 9.17) is 20.4 Å². The molecule has 3 atom stereocenters. The second-order valence-electron chi connectivity index (χ2n) is 3.29. The summed E-state index contributed by atoms with van der Waals surface area (Å²) in [4.78, 5) is 33.8. The number of aldehydes is 1. The summed E-state index contributed by atoms with van der Waals surface area (Å²) in [6.45, 7) is -0.688. The summed E-state index contributed by atoms with van der Waals surface area (Å²) >= 11 is 0. The van der Waals surface area contributed by atoms with Gasteiger partial charge < -0.3 is 30.2 Å². The van der Waals surface area contributed by atoms with Gasteiger partial charge in [0, 0.05) is 6.20 Å². The number of carbonyl (C=O) groups is 1. The average molecular weight is 280 g/mol. The summed E-state index contributed by atoms with van der Waals surface area (Å²) in [6.07, 6.45) is -3.92. The van der Waals surface area contributed by atoms with Crippen LogP contribution in [-0.4, -0.2) is 61.6 Å². The third kappa shape index (κ3) is 6.01. The van der Waals surface area contributed by atoms with Crippen LogP contribution in [0.15, 0.2) is 15.8 Å². The molecule has 0 aliphatic rings. The van der Waals surface area contributed by atoms with E-state index in [0.29, 0.717) is 6.20 Å². The quantitative estimate of drug-likeness (QED) is 0.311. The lowest BCUT2D eigenvalue weighted by atomic mass is 10.1. The number of aliphatic hydroxyl groups excluding tert-OH is 4. The van der Waals surface area contributed by atoms with E-state index in [0.717, 1.165) is 0 Å². The van der Waals surface area contributed by atoms with Crippen molar-refractivity contribution in [3.05, 3.63) is 32.9 Å². The molecule has 6 N–H and O–H groups in total. The van der Waals surface area contributed by atoms with Gasteiger partial charge >= 0.3 is 5.69 Å². The van der Waals surface area contributed by atoms with Crippen LogP contribution in [0.1, 0.15) is 0 Å². The number of rotatable bonds is 4. The molecule has 1 aromatic heterocycles. The van der Waals surface area contributed by atoms with Crippen LogP contribution in [0, 0.1) is 5.82 Å². The second kappa shape index (κ2) is 8.26. The first-order valence-corrected chi connectivity index (χ1v) is 4.91. The maximum absolute atomic E-state index is 12.0. The summed E-state index contributed by atoms with van der Waals surface area (Å²) in [5.41, 5.74) is -1.71. The highest BCUT2D eigenvalue weighted by molar-refractivity contribution is 5.56. The van der Waals surface area contributed by atoms with Gasteiger partial charge in [0.25, 0.3) is 5.56 Å². The Morgan fingerprint density at radius 2 is 1.89 bits per heavy atom. The van der Waals surface area contributed by atoms with Crippen molar-refractivity contribution in [1.29, 1.82) is 0 Å². The lowest BCUT2D eigenvalue weighted by molar-refractivity contribution is -0.127. The Morgan fingerprint density at radius 3 is 2.26 bits per heavy atom.